The average molecular weight is 351 g/mol. The van der Waals surface area contributed by atoms with E-state index < -0.39 is 0 Å². The number of aryl methyl sites for hydroxylation is 1. The van der Waals surface area contributed by atoms with Gasteiger partial charge in [0, 0.05) is 19.2 Å². The highest BCUT2D eigenvalue weighted by Crippen LogP contribution is 2.36. The van der Waals surface area contributed by atoms with Crippen LogP contribution in [0.5, 0.6) is 0 Å². The molecule has 0 bridgehead atoms. The molecule has 1 atom stereocenters. The smallest absolute Gasteiger partial charge is 0.142 e. The number of nitrogens with one attached hydrogen (secondary N) is 1. The van der Waals surface area contributed by atoms with E-state index in [1.807, 2.05) is 13.2 Å². The Labute approximate surface area is 120 Å². The van der Waals surface area contributed by atoms with Crippen LogP contribution >= 0.6 is 22.6 Å². The highest BCUT2D eigenvalue weighted by atomic mass is 127. The monoisotopic (exact) mass is 351 g/mol. The van der Waals surface area contributed by atoms with Gasteiger partial charge in [0.15, 0.2) is 0 Å². The number of nitrogens with zero attached hydrogens (tertiary/aromatic N) is 2. The fraction of sp³-hybridized carbons (Fsp3) is 0.286. The zero-order chi connectivity index (χ0) is 12.5. The zero-order valence-electron chi connectivity index (χ0n) is 10.2. The molecule has 0 saturated carbocycles. The van der Waals surface area contributed by atoms with Gasteiger partial charge < -0.3 is 5.32 Å². The van der Waals surface area contributed by atoms with E-state index in [0.29, 0.717) is 5.92 Å². The van der Waals surface area contributed by atoms with E-state index in [2.05, 4.69) is 62.1 Å². The molecule has 0 aliphatic heterocycles. The molecule has 3 rings (SSSR count). The summed E-state index contributed by atoms with van der Waals surface area (Å²) in [5, 5.41) is 3.12. The number of hydrogen-bond acceptors (Lipinski definition) is 3. The topological polar surface area (TPSA) is 37.8 Å². The van der Waals surface area contributed by atoms with Gasteiger partial charge in [0.2, 0.25) is 0 Å². The highest BCUT2D eigenvalue weighted by Gasteiger charge is 2.26. The van der Waals surface area contributed by atoms with Crippen molar-refractivity contribution in [1.82, 2.24) is 9.97 Å². The third-order valence-corrected chi connectivity index (χ3v) is 4.23. The highest BCUT2D eigenvalue weighted by molar-refractivity contribution is 14.1. The van der Waals surface area contributed by atoms with Crippen LogP contribution in [0.25, 0.3) is 0 Å². The summed E-state index contributed by atoms with van der Waals surface area (Å²) in [5.74, 6) is 2.21. The van der Waals surface area contributed by atoms with Crippen LogP contribution in [0.3, 0.4) is 0 Å². The van der Waals surface area contributed by atoms with Gasteiger partial charge in [0.05, 0.1) is 3.57 Å². The SMILES string of the molecule is CNc1nc(C2CCc3ccccc32)ncc1I. The third kappa shape index (κ3) is 1.98. The van der Waals surface area contributed by atoms with Crippen LogP contribution < -0.4 is 5.32 Å². The fourth-order valence-corrected chi connectivity index (χ4v) is 3.08. The summed E-state index contributed by atoms with van der Waals surface area (Å²) in [7, 11) is 1.90. The van der Waals surface area contributed by atoms with Crippen molar-refractivity contribution in [1.29, 1.82) is 0 Å². The Bertz CT molecular complexity index is 583. The quantitative estimate of drug-likeness (QED) is 0.845. The van der Waals surface area contributed by atoms with E-state index in [-0.39, 0.29) is 0 Å². The van der Waals surface area contributed by atoms with Crippen molar-refractivity contribution in [3.05, 3.63) is 51.0 Å². The van der Waals surface area contributed by atoms with E-state index in [1.165, 1.54) is 11.1 Å². The third-order valence-electron chi connectivity index (χ3n) is 3.44. The summed E-state index contributed by atoms with van der Waals surface area (Å²) < 4.78 is 1.06. The molecule has 4 heteroatoms. The van der Waals surface area contributed by atoms with Gasteiger partial charge in [-0.15, -0.1) is 0 Å². The number of anilines is 1. The normalized spacial score (nSPS) is 17.6. The number of hydrogen-bond donors (Lipinski definition) is 1. The Hall–Kier alpha value is -1.17. The Balaban J connectivity index is 2.02. The maximum Gasteiger partial charge on any atom is 0.142 e. The van der Waals surface area contributed by atoms with Crippen molar-refractivity contribution < 1.29 is 0 Å². The first-order chi connectivity index (χ1) is 8.79. The van der Waals surface area contributed by atoms with Crippen molar-refractivity contribution >= 4 is 28.4 Å². The summed E-state index contributed by atoms with van der Waals surface area (Å²) in [6.07, 6.45) is 4.14. The minimum absolute atomic E-state index is 0.352. The lowest BCUT2D eigenvalue weighted by Gasteiger charge is -2.12. The van der Waals surface area contributed by atoms with E-state index in [4.69, 9.17) is 0 Å². The van der Waals surface area contributed by atoms with Gasteiger partial charge in [-0.2, -0.15) is 0 Å². The van der Waals surface area contributed by atoms with E-state index >= 15 is 0 Å². The molecule has 1 heterocycles. The summed E-state index contributed by atoms with van der Waals surface area (Å²) >= 11 is 2.25. The van der Waals surface area contributed by atoms with Crippen molar-refractivity contribution in [2.24, 2.45) is 0 Å². The number of benzene rings is 1. The molecule has 92 valence electrons. The second-order valence-electron chi connectivity index (χ2n) is 4.46. The van der Waals surface area contributed by atoms with Gasteiger partial charge in [0.1, 0.15) is 11.6 Å². The van der Waals surface area contributed by atoms with Gasteiger partial charge in [-0.1, -0.05) is 24.3 Å². The lowest BCUT2D eigenvalue weighted by atomic mass is 10.0. The lowest BCUT2D eigenvalue weighted by molar-refractivity contribution is 0.728. The van der Waals surface area contributed by atoms with Crippen molar-refractivity contribution in [2.45, 2.75) is 18.8 Å². The van der Waals surface area contributed by atoms with Crippen LogP contribution in [0.1, 0.15) is 29.3 Å². The molecule has 18 heavy (non-hydrogen) atoms. The number of halogens is 1. The first kappa shape index (κ1) is 11.9. The van der Waals surface area contributed by atoms with Crippen LogP contribution in [0.15, 0.2) is 30.5 Å². The molecule has 1 N–H and O–H groups in total. The van der Waals surface area contributed by atoms with Crippen molar-refractivity contribution in [3.63, 3.8) is 0 Å². The van der Waals surface area contributed by atoms with Crippen LogP contribution in [0, 0.1) is 3.57 Å². The van der Waals surface area contributed by atoms with Crippen LogP contribution in [0.2, 0.25) is 0 Å². The Morgan fingerprint density at radius 3 is 3.00 bits per heavy atom. The Kier molecular flexibility index (Phi) is 3.20. The predicted octanol–water partition coefficient (Wildman–Crippen LogP) is 3.20. The summed E-state index contributed by atoms with van der Waals surface area (Å²) in [6.45, 7) is 0. The summed E-state index contributed by atoms with van der Waals surface area (Å²) in [5.41, 5.74) is 2.83. The molecule has 1 unspecified atom stereocenters. The molecule has 1 aromatic carbocycles. The number of fused-ring (bicyclic) bond motifs is 1. The standard InChI is InChI=1S/C14H14IN3/c1-16-14-12(15)8-17-13(18-14)11-7-6-9-4-2-3-5-10(9)11/h2-5,8,11H,6-7H2,1H3,(H,16,17,18). The Morgan fingerprint density at radius 2 is 2.17 bits per heavy atom. The number of rotatable bonds is 2. The second kappa shape index (κ2) is 4.84. The van der Waals surface area contributed by atoms with Crippen LogP contribution in [0.4, 0.5) is 5.82 Å². The second-order valence-corrected chi connectivity index (χ2v) is 5.63. The molecule has 0 spiro atoms. The lowest BCUT2D eigenvalue weighted by Crippen LogP contribution is -2.06. The van der Waals surface area contributed by atoms with Gasteiger partial charge in [-0.25, -0.2) is 9.97 Å². The molecule has 0 amide bonds. The summed E-state index contributed by atoms with van der Waals surface area (Å²) in [6, 6.07) is 8.62. The molecule has 0 saturated heterocycles. The largest absolute Gasteiger partial charge is 0.372 e. The Morgan fingerprint density at radius 1 is 1.33 bits per heavy atom. The average Bonchev–Trinajstić information content (AvgIpc) is 2.83. The molecule has 1 aliphatic rings. The van der Waals surface area contributed by atoms with Gasteiger partial charge in [-0.3, -0.25) is 0 Å². The van der Waals surface area contributed by atoms with Crippen LogP contribution in [-0.4, -0.2) is 17.0 Å². The molecular weight excluding hydrogens is 337 g/mol. The molecular formula is C14H14IN3. The summed E-state index contributed by atoms with van der Waals surface area (Å²) in [4.78, 5) is 9.15. The maximum atomic E-state index is 4.64. The minimum Gasteiger partial charge on any atom is -0.372 e. The van der Waals surface area contributed by atoms with E-state index in [1.54, 1.807) is 0 Å². The molecule has 0 radical (unpaired) electrons. The molecule has 1 aliphatic carbocycles. The van der Waals surface area contributed by atoms with Gasteiger partial charge in [0.25, 0.3) is 0 Å². The van der Waals surface area contributed by atoms with Crippen LogP contribution in [-0.2, 0) is 6.42 Å². The molecule has 0 fully saturated rings. The van der Waals surface area contributed by atoms with Gasteiger partial charge >= 0.3 is 0 Å². The first-order valence-electron chi connectivity index (χ1n) is 6.07. The maximum absolute atomic E-state index is 4.64. The van der Waals surface area contributed by atoms with Gasteiger partial charge in [-0.05, 0) is 46.6 Å². The van der Waals surface area contributed by atoms with Crippen molar-refractivity contribution in [2.75, 3.05) is 12.4 Å². The fourth-order valence-electron chi connectivity index (χ4n) is 2.55. The zero-order valence-corrected chi connectivity index (χ0v) is 12.3. The molecule has 2 aromatic rings. The minimum atomic E-state index is 0.352. The molecule has 3 nitrogen and oxygen atoms in total. The predicted molar refractivity (Wildman–Crippen MR) is 80.9 cm³/mol. The van der Waals surface area contributed by atoms with E-state index in [0.717, 1.165) is 28.1 Å². The van der Waals surface area contributed by atoms with E-state index in [9.17, 15) is 0 Å². The van der Waals surface area contributed by atoms with Crippen molar-refractivity contribution in [3.8, 4) is 0 Å². The first-order valence-corrected chi connectivity index (χ1v) is 7.15. The molecule has 1 aromatic heterocycles. The number of aromatic nitrogens is 2.